The number of nitrogens with one attached hydrogen (secondary N) is 1. The van der Waals surface area contributed by atoms with E-state index in [0.29, 0.717) is 0 Å². The summed E-state index contributed by atoms with van der Waals surface area (Å²) < 4.78 is 5.61. The van der Waals surface area contributed by atoms with Gasteiger partial charge in [-0.05, 0) is 25.8 Å². The summed E-state index contributed by atoms with van der Waals surface area (Å²) in [6.07, 6.45) is 5.28. The van der Waals surface area contributed by atoms with Gasteiger partial charge in [0.1, 0.15) is 0 Å². The molecule has 0 amide bonds. The van der Waals surface area contributed by atoms with Crippen LogP contribution in [-0.4, -0.2) is 72.4 Å². The number of fused-ring (bicyclic) bond motifs is 1. The third kappa shape index (κ3) is 5.14. The van der Waals surface area contributed by atoms with E-state index in [-0.39, 0.29) is 8.22 Å². The van der Waals surface area contributed by atoms with Crippen molar-refractivity contribution < 1.29 is 0 Å². The molecule has 0 aromatic rings. The van der Waals surface area contributed by atoms with E-state index in [1.54, 1.807) is 0 Å². The molecular weight excluding hydrogens is 279 g/mol. The second-order valence-corrected chi connectivity index (χ2v) is 8.61. The van der Waals surface area contributed by atoms with Crippen molar-refractivity contribution >= 4 is 8.22 Å². The molecule has 0 radical (unpaired) electrons. The van der Waals surface area contributed by atoms with Crippen molar-refractivity contribution in [1.82, 2.24) is 19.6 Å². The summed E-state index contributed by atoms with van der Waals surface area (Å²) in [5, 5.41) is 3.54. The van der Waals surface area contributed by atoms with E-state index in [2.05, 4.69) is 40.3 Å². The Morgan fingerprint density at radius 2 is 1.71 bits per heavy atom. The fraction of sp³-hybridized carbons (Fsp3) is 1.00. The monoisotopic (exact) mass is 314 g/mol. The average Bonchev–Trinajstić information content (AvgIpc) is 3.14. The van der Waals surface area contributed by atoms with Gasteiger partial charge in [-0.15, -0.1) is 0 Å². The molecule has 2 heterocycles. The van der Waals surface area contributed by atoms with Crippen LogP contribution in [0.15, 0.2) is 0 Å². The quantitative estimate of drug-likeness (QED) is 0.401. The standard InChI is InChI=1S/C16H35N4P/c1-4-7-16-20-15-13-18(11-9-17-8-5-2)12-14-19(10-6-3)21(16)20/h16-17H,4-15H2,1-3H3/t16?,20-,21+/m1/s1. The normalized spacial score (nSPS) is 30.7. The van der Waals surface area contributed by atoms with Gasteiger partial charge in [0.05, 0.1) is 14.0 Å². The zero-order chi connectivity index (χ0) is 15.1. The van der Waals surface area contributed by atoms with Crippen molar-refractivity contribution in [2.24, 2.45) is 0 Å². The highest BCUT2D eigenvalue weighted by molar-refractivity contribution is 7.60. The highest BCUT2D eigenvalue weighted by atomic mass is 31.2. The lowest BCUT2D eigenvalue weighted by Gasteiger charge is -2.30. The Morgan fingerprint density at radius 3 is 2.43 bits per heavy atom. The van der Waals surface area contributed by atoms with E-state index in [9.17, 15) is 0 Å². The Bertz CT molecular complexity index is 289. The highest BCUT2D eigenvalue weighted by Crippen LogP contribution is 2.68. The third-order valence-electron chi connectivity index (χ3n) is 4.49. The molecular formula is C16H35N4P. The first-order chi connectivity index (χ1) is 10.3. The van der Waals surface area contributed by atoms with Gasteiger partial charge in [-0.3, -0.25) is 14.2 Å². The number of hydrogen-bond donors (Lipinski definition) is 1. The minimum Gasteiger partial charge on any atom is -0.315 e. The molecule has 0 aromatic carbocycles. The lowest BCUT2D eigenvalue weighted by Crippen LogP contribution is -2.41. The zero-order valence-electron chi connectivity index (χ0n) is 14.4. The molecule has 0 aromatic heterocycles. The first-order valence-corrected chi connectivity index (χ1v) is 10.4. The molecule has 2 fully saturated rings. The van der Waals surface area contributed by atoms with Crippen molar-refractivity contribution in [3.05, 3.63) is 0 Å². The molecule has 2 aliphatic rings. The summed E-state index contributed by atoms with van der Waals surface area (Å²) in [5.74, 6) is 0.912. The maximum absolute atomic E-state index is 3.54. The van der Waals surface area contributed by atoms with Gasteiger partial charge in [0.2, 0.25) is 0 Å². The van der Waals surface area contributed by atoms with Crippen LogP contribution in [0, 0.1) is 0 Å². The Balaban J connectivity index is 1.80. The minimum atomic E-state index is 0.0794. The fourth-order valence-electron chi connectivity index (χ4n) is 3.31. The molecule has 21 heavy (non-hydrogen) atoms. The van der Waals surface area contributed by atoms with Crippen LogP contribution in [0.5, 0.6) is 0 Å². The SMILES string of the molecule is CCCNCCN1CCN(CCC)[P@]2C(CCC)[N@@]2CC1. The summed E-state index contributed by atoms with van der Waals surface area (Å²) in [6, 6.07) is 0. The van der Waals surface area contributed by atoms with Crippen molar-refractivity contribution in [2.45, 2.75) is 52.2 Å². The maximum atomic E-state index is 3.54. The predicted octanol–water partition coefficient (Wildman–Crippen LogP) is 2.77. The highest BCUT2D eigenvalue weighted by Gasteiger charge is 2.50. The van der Waals surface area contributed by atoms with Crippen LogP contribution < -0.4 is 5.32 Å². The van der Waals surface area contributed by atoms with Gasteiger partial charge < -0.3 is 5.32 Å². The zero-order valence-corrected chi connectivity index (χ0v) is 15.2. The first kappa shape index (κ1) is 17.6. The Morgan fingerprint density at radius 1 is 0.905 bits per heavy atom. The molecule has 1 unspecified atom stereocenters. The molecule has 124 valence electrons. The molecule has 5 heteroatoms. The van der Waals surface area contributed by atoms with Crippen molar-refractivity contribution in [2.75, 3.05) is 52.4 Å². The molecule has 0 spiro atoms. The molecule has 1 N–H and O–H groups in total. The van der Waals surface area contributed by atoms with Gasteiger partial charge in [-0.1, -0.05) is 27.2 Å². The van der Waals surface area contributed by atoms with Gasteiger partial charge in [0.15, 0.2) is 0 Å². The summed E-state index contributed by atoms with van der Waals surface area (Å²) in [4.78, 5) is 2.67. The number of hydrogen-bond acceptors (Lipinski definition) is 4. The molecule has 0 aliphatic carbocycles. The van der Waals surface area contributed by atoms with Crippen LogP contribution in [0.2, 0.25) is 0 Å². The van der Waals surface area contributed by atoms with Crippen molar-refractivity contribution in [3.63, 3.8) is 0 Å². The van der Waals surface area contributed by atoms with E-state index in [4.69, 9.17) is 0 Å². The Labute approximate surface area is 133 Å². The van der Waals surface area contributed by atoms with E-state index < -0.39 is 0 Å². The van der Waals surface area contributed by atoms with Crippen LogP contribution >= 0.6 is 8.22 Å². The van der Waals surface area contributed by atoms with Crippen LogP contribution in [0.4, 0.5) is 0 Å². The van der Waals surface area contributed by atoms with Gasteiger partial charge in [0.25, 0.3) is 0 Å². The largest absolute Gasteiger partial charge is 0.315 e. The van der Waals surface area contributed by atoms with E-state index >= 15 is 0 Å². The number of rotatable bonds is 9. The summed E-state index contributed by atoms with van der Waals surface area (Å²) >= 11 is 0. The number of nitrogens with zero attached hydrogens (tertiary/aromatic N) is 3. The molecule has 2 rings (SSSR count). The molecule has 4 nitrogen and oxygen atoms in total. The fourth-order valence-corrected chi connectivity index (χ4v) is 6.34. The van der Waals surface area contributed by atoms with Gasteiger partial charge in [-0.25, -0.2) is 0 Å². The van der Waals surface area contributed by atoms with Crippen LogP contribution in [-0.2, 0) is 0 Å². The molecule has 0 saturated carbocycles. The molecule has 2 aliphatic heterocycles. The smallest absolute Gasteiger partial charge is 0.0618 e. The summed E-state index contributed by atoms with van der Waals surface area (Å²) in [7, 11) is 0.0794. The predicted molar refractivity (Wildman–Crippen MR) is 93.8 cm³/mol. The second kappa shape index (κ2) is 9.42. The van der Waals surface area contributed by atoms with E-state index in [0.717, 1.165) is 18.9 Å². The molecule has 2 saturated heterocycles. The average molecular weight is 314 g/mol. The maximum Gasteiger partial charge on any atom is 0.0618 e. The summed E-state index contributed by atoms with van der Waals surface area (Å²) in [5.41, 5.74) is 0. The minimum absolute atomic E-state index is 0.0794. The molecule has 0 bridgehead atoms. The second-order valence-electron chi connectivity index (χ2n) is 6.30. The summed E-state index contributed by atoms with van der Waals surface area (Å²) in [6.45, 7) is 16.8. The Kier molecular flexibility index (Phi) is 7.90. The van der Waals surface area contributed by atoms with Crippen molar-refractivity contribution in [1.29, 1.82) is 0 Å². The first-order valence-electron chi connectivity index (χ1n) is 9.05. The lowest BCUT2D eigenvalue weighted by atomic mass is 10.3. The van der Waals surface area contributed by atoms with E-state index in [1.165, 1.54) is 65.0 Å². The van der Waals surface area contributed by atoms with E-state index in [1.807, 2.05) is 0 Å². The van der Waals surface area contributed by atoms with Crippen LogP contribution in [0.25, 0.3) is 0 Å². The van der Waals surface area contributed by atoms with Crippen molar-refractivity contribution in [3.8, 4) is 0 Å². The topological polar surface area (TPSA) is 21.5 Å². The van der Waals surface area contributed by atoms with Gasteiger partial charge in [-0.2, -0.15) is 0 Å². The Hall–Kier alpha value is 0.270. The third-order valence-corrected chi connectivity index (χ3v) is 7.31. The van der Waals surface area contributed by atoms with Gasteiger partial charge in [0, 0.05) is 45.8 Å². The van der Waals surface area contributed by atoms with Crippen LogP contribution in [0.3, 0.4) is 0 Å². The lowest BCUT2D eigenvalue weighted by molar-refractivity contribution is 0.233. The molecule has 3 atom stereocenters. The van der Waals surface area contributed by atoms with Gasteiger partial charge >= 0.3 is 0 Å². The van der Waals surface area contributed by atoms with Crippen LogP contribution in [0.1, 0.15) is 46.5 Å².